The number of amides is 2. The van der Waals surface area contributed by atoms with Gasteiger partial charge in [-0.15, -0.1) is 11.8 Å². The lowest BCUT2D eigenvalue weighted by Crippen LogP contribution is -2.38. The molecule has 2 aliphatic heterocycles. The molecule has 2 aliphatic rings. The van der Waals surface area contributed by atoms with E-state index in [9.17, 15) is 9.59 Å². The summed E-state index contributed by atoms with van der Waals surface area (Å²) >= 11 is 1.60. The van der Waals surface area contributed by atoms with Crippen LogP contribution in [0.15, 0.2) is 59.8 Å². The number of likely N-dealkylation sites (tertiary alicyclic amines) is 2. The van der Waals surface area contributed by atoms with Crippen molar-refractivity contribution >= 4 is 29.1 Å². The van der Waals surface area contributed by atoms with Gasteiger partial charge in [-0.1, -0.05) is 18.2 Å². The van der Waals surface area contributed by atoms with Gasteiger partial charge in [0.25, 0.3) is 5.91 Å². The van der Waals surface area contributed by atoms with E-state index < -0.39 is 0 Å². The van der Waals surface area contributed by atoms with Gasteiger partial charge in [0.05, 0.1) is 23.0 Å². The lowest BCUT2D eigenvalue weighted by Gasteiger charge is -2.32. The summed E-state index contributed by atoms with van der Waals surface area (Å²) in [4.78, 5) is 30.6. The van der Waals surface area contributed by atoms with E-state index in [-0.39, 0.29) is 11.8 Å². The lowest BCUT2D eigenvalue weighted by molar-refractivity contribution is -0.129. The molecule has 0 N–H and O–H groups in total. The molecule has 0 spiro atoms. The third-order valence-electron chi connectivity index (χ3n) is 6.59. The second-order valence-corrected chi connectivity index (χ2v) is 9.65. The molecular formula is C25H28N4O2S. The van der Waals surface area contributed by atoms with Gasteiger partial charge in [-0.2, -0.15) is 5.10 Å². The van der Waals surface area contributed by atoms with Crippen molar-refractivity contribution in [3.63, 3.8) is 0 Å². The second-order valence-electron chi connectivity index (χ2n) is 8.60. The zero-order valence-corrected chi connectivity index (χ0v) is 19.0. The van der Waals surface area contributed by atoms with Crippen LogP contribution in [0.3, 0.4) is 0 Å². The quantitative estimate of drug-likeness (QED) is 0.552. The third kappa shape index (κ3) is 4.39. The van der Waals surface area contributed by atoms with Crippen LogP contribution in [0.2, 0.25) is 0 Å². The molecule has 7 heteroatoms. The third-order valence-corrected chi connectivity index (χ3v) is 7.59. The van der Waals surface area contributed by atoms with E-state index in [0.29, 0.717) is 17.2 Å². The van der Waals surface area contributed by atoms with Crippen molar-refractivity contribution in [2.75, 3.05) is 31.9 Å². The van der Waals surface area contributed by atoms with Crippen molar-refractivity contribution < 1.29 is 9.59 Å². The first-order chi connectivity index (χ1) is 15.7. The fourth-order valence-electron chi connectivity index (χ4n) is 4.72. The smallest absolute Gasteiger partial charge is 0.257 e. The summed E-state index contributed by atoms with van der Waals surface area (Å²) in [7, 11) is 0. The Morgan fingerprint density at radius 1 is 0.969 bits per heavy atom. The molecule has 0 saturated carbocycles. The summed E-state index contributed by atoms with van der Waals surface area (Å²) in [5.74, 6) is 1.18. The summed E-state index contributed by atoms with van der Waals surface area (Å²) in [5.41, 5.74) is 2.82. The highest BCUT2D eigenvalue weighted by Crippen LogP contribution is 2.30. The van der Waals surface area contributed by atoms with Crippen molar-refractivity contribution in [1.82, 2.24) is 19.4 Å². The number of carbonyl (C=O) groups is 2. The minimum Gasteiger partial charge on any atom is -0.342 e. The maximum absolute atomic E-state index is 12.9. The number of carbonyl (C=O) groups excluding carboxylic acids is 2. The van der Waals surface area contributed by atoms with Gasteiger partial charge < -0.3 is 9.80 Å². The van der Waals surface area contributed by atoms with Crippen LogP contribution in [-0.4, -0.2) is 63.2 Å². The predicted octanol–water partition coefficient (Wildman–Crippen LogP) is 4.07. The molecule has 4 heterocycles. The highest BCUT2D eigenvalue weighted by Gasteiger charge is 2.26. The number of fused-ring (bicyclic) bond motifs is 1. The Kier molecular flexibility index (Phi) is 6.17. The van der Waals surface area contributed by atoms with E-state index in [2.05, 4.69) is 17.2 Å². The Bertz CT molecular complexity index is 1100. The van der Waals surface area contributed by atoms with E-state index in [1.165, 1.54) is 5.56 Å². The SMILES string of the molecule is O=C(CSc1ccccc1)N1CCC(c2ccn3ncc(C(=O)N4CCCC4)c3c2)CC1. The summed E-state index contributed by atoms with van der Waals surface area (Å²) in [5, 5.41) is 4.39. The average molecular weight is 449 g/mol. The van der Waals surface area contributed by atoms with Gasteiger partial charge in [-0.05, 0) is 61.4 Å². The average Bonchev–Trinajstić information content (AvgIpc) is 3.53. The Morgan fingerprint density at radius 2 is 1.72 bits per heavy atom. The molecule has 0 aliphatic carbocycles. The predicted molar refractivity (Wildman–Crippen MR) is 126 cm³/mol. The standard InChI is InChI=1S/C25H28N4O2S/c30-24(18-32-21-6-2-1-3-7-21)27-13-8-19(9-14-27)20-10-15-29-23(16-20)22(17-26-29)25(31)28-11-4-5-12-28/h1-3,6-7,10,15-17,19H,4-5,8-9,11-14,18H2. The first kappa shape index (κ1) is 21.1. The molecular weight excluding hydrogens is 420 g/mol. The molecule has 0 radical (unpaired) electrons. The van der Waals surface area contributed by atoms with Crippen LogP contribution in [0.1, 0.15) is 47.5 Å². The largest absolute Gasteiger partial charge is 0.342 e. The van der Waals surface area contributed by atoms with Gasteiger partial charge >= 0.3 is 0 Å². The Hall–Kier alpha value is -2.80. The molecule has 2 aromatic heterocycles. The van der Waals surface area contributed by atoms with E-state index in [1.54, 1.807) is 22.5 Å². The number of piperidine rings is 1. The van der Waals surface area contributed by atoms with Crippen molar-refractivity contribution in [2.24, 2.45) is 0 Å². The fraction of sp³-hybridized carbons (Fsp3) is 0.400. The molecule has 2 amide bonds. The van der Waals surface area contributed by atoms with Gasteiger partial charge in [0, 0.05) is 37.3 Å². The summed E-state index contributed by atoms with van der Waals surface area (Å²) < 4.78 is 1.80. The maximum Gasteiger partial charge on any atom is 0.257 e. The number of rotatable bonds is 5. The monoisotopic (exact) mass is 448 g/mol. The number of benzene rings is 1. The highest BCUT2D eigenvalue weighted by atomic mass is 32.2. The van der Waals surface area contributed by atoms with E-state index in [1.807, 2.05) is 46.3 Å². The van der Waals surface area contributed by atoms with Gasteiger partial charge in [-0.3, -0.25) is 9.59 Å². The van der Waals surface area contributed by atoms with E-state index in [0.717, 1.165) is 62.3 Å². The first-order valence-electron chi connectivity index (χ1n) is 11.4. The zero-order valence-electron chi connectivity index (χ0n) is 18.2. The summed E-state index contributed by atoms with van der Waals surface area (Å²) in [6.45, 7) is 3.24. The van der Waals surface area contributed by atoms with Gasteiger partial charge in [0.1, 0.15) is 0 Å². The number of thioether (sulfide) groups is 1. The van der Waals surface area contributed by atoms with Crippen LogP contribution < -0.4 is 0 Å². The molecule has 2 saturated heterocycles. The topological polar surface area (TPSA) is 57.9 Å². The van der Waals surface area contributed by atoms with Crippen LogP contribution in [0.4, 0.5) is 0 Å². The van der Waals surface area contributed by atoms with Crippen molar-refractivity contribution in [3.05, 3.63) is 66.0 Å². The van der Waals surface area contributed by atoms with Crippen LogP contribution in [0.5, 0.6) is 0 Å². The fourth-order valence-corrected chi connectivity index (χ4v) is 5.54. The number of pyridine rings is 1. The molecule has 5 rings (SSSR count). The Morgan fingerprint density at radius 3 is 2.47 bits per heavy atom. The van der Waals surface area contributed by atoms with Gasteiger partial charge in [-0.25, -0.2) is 4.52 Å². The zero-order chi connectivity index (χ0) is 21.9. The normalized spacial score (nSPS) is 17.2. The van der Waals surface area contributed by atoms with Crippen LogP contribution in [-0.2, 0) is 4.79 Å². The van der Waals surface area contributed by atoms with Gasteiger partial charge in [0.2, 0.25) is 5.91 Å². The van der Waals surface area contributed by atoms with Crippen molar-refractivity contribution in [3.8, 4) is 0 Å². The minimum atomic E-state index is 0.0889. The number of nitrogens with zero attached hydrogens (tertiary/aromatic N) is 4. The molecule has 3 aromatic rings. The van der Waals surface area contributed by atoms with Crippen molar-refractivity contribution in [1.29, 1.82) is 0 Å². The second kappa shape index (κ2) is 9.36. The van der Waals surface area contributed by atoms with Crippen LogP contribution in [0, 0.1) is 0 Å². The Balaban J connectivity index is 1.22. The number of aromatic nitrogens is 2. The van der Waals surface area contributed by atoms with Crippen LogP contribution in [0.25, 0.3) is 5.52 Å². The van der Waals surface area contributed by atoms with E-state index >= 15 is 0 Å². The molecule has 0 unspecified atom stereocenters. The van der Waals surface area contributed by atoms with Crippen LogP contribution >= 0.6 is 11.8 Å². The minimum absolute atomic E-state index is 0.0889. The van der Waals surface area contributed by atoms with E-state index in [4.69, 9.17) is 0 Å². The molecule has 1 aromatic carbocycles. The molecule has 32 heavy (non-hydrogen) atoms. The summed E-state index contributed by atoms with van der Waals surface area (Å²) in [6.07, 6.45) is 7.71. The first-order valence-corrected chi connectivity index (χ1v) is 12.4. The molecule has 0 bridgehead atoms. The highest BCUT2D eigenvalue weighted by molar-refractivity contribution is 8.00. The maximum atomic E-state index is 12.9. The number of hydrogen-bond acceptors (Lipinski definition) is 4. The summed E-state index contributed by atoms with van der Waals surface area (Å²) in [6, 6.07) is 14.3. The van der Waals surface area contributed by atoms with Crippen molar-refractivity contribution in [2.45, 2.75) is 36.5 Å². The number of hydrogen-bond donors (Lipinski definition) is 0. The molecule has 2 fully saturated rings. The molecule has 6 nitrogen and oxygen atoms in total. The van der Waals surface area contributed by atoms with Gasteiger partial charge in [0.15, 0.2) is 0 Å². The molecule has 166 valence electrons. The lowest BCUT2D eigenvalue weighted by atomic mass is 9.89. The Labute approximate surface area is 192 Å². The molecule has 0 atom stereocenters.